The third-order valence-corrected chi connectivity index (χ3v) is 14.7. The molecule has 0 amide bonds. The third-order valence-electron chi connectivity index (χ3n) is 11.7. The van der Waals surface area contributed by atoms with E-state index < -0.39 is 18.0 Å². The first-order chi connectivity index (χ1) is 43.2. The van der Waals surface area contributed by atoms with Gasteiger partial charge in [0.15, 0.2) is 11.4 Å². The van der Waals surface area contributed by atoms with Crippen LogP contribution in [0.3, 0.4) is 0 Å². The summed E-state index contributed by atoms with van der Waals surface area (Å²) in [6.07, 6.45) is 9.59. The zero-order valence-corrected chi connectivity index (χ0v) is 62.1. The van der Waals surface area contributed by atoms with E-state index in [9.17, 15) is 34.6 Å². The van der Waals surface area contributed by atoms with E-state index in [1.807, 2.05) is 92.8 Å². The Morgan fingerprint density at radius 3 is 1.55 bits per heavy atom. The lowest BCUT2D eigenvalue weighted by molar-refractivity contribution is -0.385. The van der Waals surface area contributed by atoms with Gasteiger partial charge in [-0.1, -0.05) is 130 Å². The number of halogens is 7. The number of nitrogens with two attached hydrogens (primary N) is 1. The van der Waals surface area contributed by atoms with E-state index in [2.05, 4.69) is 144 Å². The molecule has 3 aromatic heterocycles. The van der Waals surface area contributed by atoms with Crippen molar-refractivity contribution in [3.05, 3.63) is 187 Å². The van der Waals surface area contributed by atoms with Crippen LogP contribution in [-0.2, 0) is 50.9 Å². The van der Waals surface area contributed by atoms with Gasteiger partial charge in [0.05, 0.1) is 40.6 Å². The van der Waals surface area contributed by atoms with Gasteiger partial charge in [0.25, 0.3) is 11.4 Å². The Bertz CT molecular complexity index is 3710. The molecule has 5 aromatic carbocycles. The normalized spacial score (nSPS) is 11.1. The van der Waals surface area contributed by atoms with Crippen molar-refractivity contribution in [2.75, 3.05) is 67.6 Å². The summed E-state index contributed by atoms with van der Waals surface area (Å²) in [6.45, 7) is 7.76. The Morgan fingerprint density at radius 1 is 0.641 bits per heavy atom. The summed E-state index contributed by atoms with van der Waals surface area (Å²) >= 11 is 19.5. The van der Waals surface area contributed by atoms with Gasteiger partial charge in [-0.2, -0.15) is 0 Å². The van der Waals surface area contributed by atoms with Crippen LogP contribution >= 0.6 is 108 Å². The fourth-order valence-electron chi connectivity index (χ4n) is 7.44. The summed E-state index contributed by atoms with van der Waals surface area (Å²) in [6, 6.07) is 29.4. The van der Waals surface area contributed by atoms with Crippen LogP contribution in [0.15, 0.2) is 155 Å². The molecule has 0 aliphatic rings. The smallest absolute Gasteiger partial charge is 0.356 e. The number of nitro benzene ring substituents is 2. The molecular formula is C61H73Br6ClN10O14. The SMILES string of the molecule is Brc1ccc2cc[nH]c2c1.CCOC(=O)/C(CBr)=N\O.CCOC(=O)/C(Cc1c[nH]c2cc(Br)ccc12)=N\O.CCOC(=O)C(N)Cc1c[nH]c2cc(Br)ccc12.CN(C)/C=C/c1ccc(Br)cc1[N+](=O)[O-].COC(OC)N(C)C.Cc1ccc(Br)cc1[N+](=O)[O-].Cl. The molecule has 8 aromatic rings. The van der Waals surface area contributed by atoms with Gasteiger partial charge in [0, 0.05) is 127 Å². The van der Waals surface area contributed by atoms with E-state index >= 15 is 0 Å². The van der Waals surface area contributed by atoms with E-state index in [4.69, 9.17) is 35.1 Å². The van der Waals surface area contributed by atoms with Gasteiger partial charge < -0.3 is 59.7 Å². The molecule has 0 spiro atoms. The maximum Gasteiger partial charge on any atom is 0.356 e. The van der Waals surface area contributed by atoms with E-state index in [1.165, 1.54) is 23.0 Å². The fourth-order valence-corrected chi connectivity index (χ4v) is 9.57. The van der Waals surface area contributed by atoms with Crippen LogP contribution in [-0.4, -0.2) is 154 Å². The van der Waals surface area contributed by atoms with Crippen LogP contribution in [0.2, 0.25) is 0 Å². The molecule has 1 atom stereocenters. The van der Waals surface area contributed by atoms with Crippen LogP contribution in [0.25, 0.3) is 38.8 Å². The molecular weight excluding hydrogens is 1610 g/mol. The van der Waals surface area contributed by atoms with Crippen molar-refractivity contribution in [2.45, 2.75) is 53.0 Å². The number of esters is 3. The second-order valence-corrected chi connectivity index (χ2v) is 23.9. The topological polar surface area (TPSA) is 329 Å². The Morgan fingerprint density at radius 2 is 1.10 bits per heavy atom. The number of fused-ring (bicyclic) bond motifs is 3. The molecule has 0 saturated heterocycles. The molecule has 92 heavy (non-hydrogen) atoms. The monoisotopic (exact) mass is 1680 g/mol. The van der Waals surface area contributed by atoms with E-state index in [-0.39, 0.29) is 82.4 Å². The molecule has 8 rings (SSSR count). The van der Waals surface area contributed by atoms with Gasteiger partial charge >= 0.3 is 17.9 Å². The summed E-state index contributed by atoms with van der Waals surface area (Å²) in [4.78, 5) is 67.1. The number of nitro groups is 2. The van der Waals surface area contributed by atoms with Crippen molar-refractivity contribution >= 4 is 187 Å². The lowest BCUT2D eigenvalue weighted by Crippen LogP contribution is -2.34. The number of ether oxygens (including phenoxy) is 5. The number of hydrogen-bond donors (Lipinski definition) is 6. The highest BCUT2D eigenvalue weighted by atomic mass is 79.9. The van der Waals surface area contributed by atoms with Crippen LogP contribution in [0, 0.1) is 27.2 Å². The van der Waals surface area contributed by atoms with Gasteiger partial charge in [0.2, 0.25) is 6.41 Å². The van der Waals surface area contributed by atoms with Crippen molar-refractivity contribution in [2.24, 2.45) is 16.0 Å². The Balaban J connectivity index is 0.000000547. The number of H-pyrrole nitrogens is 3. The van der Waals surface area contributed by atoms with Crippen molar-refractivity contribution in [1.82, 2.24) is 24.8 Å². The zero-order chi connectivity index (χ0) is 68.3. The lowest BCUT2D eigenvalue weighted by atomic mass is 10.1. The Hall–Kier alpha value is -6.58. The molecule has 500 valence electrons. The first-order valence-electron chi connectivity index (χ1n) is 27.1. The molecule has 31 heteroatoms. The third kappa shape index (κ3) is 29.6. The molecule has 0 radical (unpaired) electrons. The van der Waals surface area contributed by atoms with Gasteiger partial charge in [-0.25, -0.2) is 9.59 Å². The highest BCUT2D eigenvalue weighted by Gasteiger charge is 2.19. The predicted molar refractivity (Wildman–Crippen MR) is 383 cm³/mol. The Labute approximate surface area is 589 Å². The number of carbonyl (C=O) groups is 3. The Kier molecular flexibility index (Phi) is 40.7. The zero-order valence-electron chi connectivity index (χ0n) is 51.8. The maximum atomic E-state index is 11.6. The second-order valence-electron chi connectivity index (χ2n) is 18.8. The summed E-state index contributed by atoms with van der Waals surface area (Å²) in [5.74, 6) is -1.55. The number of rotatable bonds is 18. The van der Waals surface area contributed by atoms with Gasteiger partial charge in [0.1, 0.15) is 6.04 Å². The van der Waals surface area contributed by atoms with Crippen LogP contribution in [0.5, 0.6) is 0 Å². The number of carbonyl (C=O) groups excluding carboxylic acids is 3. The van der Waals surface area contributed by atoms with Crippen molar-refractivity contribution in [3.63, 3.8) is 0 Å². The van der Waals surface area contributed by atoms with E-state index in [0.29, 0.717) is 28.6 Å². The molecule has 0 fully saturated rings. The van der Waals surface area contributed by atoms with Crippen LogP contribution in [0.4, 0.5) is 11.4 Å². The predicted octanol–water partition coefficient (Wildman–Crippen LogP) is 15.0. The minimum atomic E-state index is -0.618. The van der Waals surface area contributed by atoms with Gasteiger partial charge in [-0.3, -0.25) is 29.9 Å². The lowest BCUT2D eigenvalue weighted by Gasteiger charge is -2.19. The molecule has 0 aliphatic heterocycles. The molecule has 24 nitrogen and oxygen atoms in total. The largest absolute Gasteiger partial charge is 0.465 e. The summed E-state index contributed by atoms with van der Waals surface area (Å²) in [5.41, 5.74) is 12.4. The first kappa shape index (κ1) is 83.4. The van der Waals surface area contributed by atoms with Gasteiger partial charge in [-0.15, -0.1) is 12.4 Å². The first-order valence-corrected chi connectivity index (χ1v) is 32.2. The number of aromatic amines is 3. The average Bonchev–Trinajstić information content (AvgIpc) is 1.72. The van der Waals surface area contributed by atoms with Crippen molar-refractivity contribution in [1.29, 1.82) is 0 Å². The number of alkyl halides is 1. The highest BCUT2D eigenvalue weighted by molar-refractivity contribution is 9.11. The number of aryl methyl sites for hydroxylation is 1. The quantitative estimate of drug-likeness (QED) is 0.00679. The molecule has 3 heterocycles. The number of aromatic nitrogens is 3. The fraction of sp³-hybridized carbons (Fsp3) is 0.295. The number of nitrogens with one attached hydrogen (secondary N) is 3. The van der Waals surface area contributed by atoms with Gasteiger partial charge in [-0.05, 0) is 131 Å². The van der Waals surface area contributed by atoms with Crippen molar-refractivity contribution in [3.8, 4) is 0 Å². The summed E-state index contributed by atoms with van der Waals surface area (Å²) in [5, 5.41) is 47.5. The number of methoxy groups -OCH3 is 2. The minimum absolute atomic E-state index is 0. The molecule has 1 unspecified atom stereocenters. The average molecular weight is 1690 g/mol. The van der Waals surface area contributed by atoms with Crippen LogP contribution < -0.4 is 5.73 Å². The number of benzene rings is 5. The second kappa shape index (κ2) is 44.9. The molecule has 0 bridgehead atoms. The van der Waals surface area contributed by atoms with Crippen LogP contribution in [0.1, 0.15) is 43.0 Å². The molecule has 7 N–H and O–H groups in total. The summed E-state index contributed by atoms with van der Waals surface area (Å²) in [7, 11) is 10.7. The number of hydrogen-bond acceptors (Lipinski definition) is 19. The molecule has 0 saturated carbocycles. The standard InChI is InChI=1S/C13H13BrN2O3.C13H15BrN2O2.C10H11BrN2O2.C8H6BrN.C7H6BrNO2.C5H8BrNO3.C5H13NO2.ClH/c1-2-19-13(17)12(16-18)5-8-7-15-11-6-9(14)3-4-10(8)11;1-2-18-13(17)11(15)5-8-7-16-12-6-9(14)3-4-10(8)12;1-12(2)6-5-8-3-4-9(11)7-10(8)13(14)15;9-7-2-1-6-3-4-10-8(6)5-7;1-5-2-3-6(8)4-7(5)9(10)11;1-2-10-5(8)4(3-6)7-9;1-6(2)5(7-3)8-4;/h3-4,6-7,15,18H,2,5H2,1H3;3-4,6-7,11,16H,2,5,15H2,1H3;3-7H,1-2H3;1-5,10H;2-4H,1H3;9H,2-3H2,1H3;5H,1-4H3;1H/b16-12-;;6-5+;;;7-4-;;. The van der Waals surface area contributed by atoms with E-state index in [0.717, 1.165) is 50.8 Å². The maximum absolute atomic E-state index is 11.6. The summed E-state index contributed by atoms with van der Waals surface area (Å²) < 4.78 is 28.5. The molecule has 0 aliphatic carbocycles. The number of nitrogens with zero attached hydrogens (tertiary/aromatic N) is 6. The van der Waals surface area contributed by atoms with E-state index in [1.54, 1.807) is 84.7 Å². The highest BCUT2D eigenvalue weighted by Crippen LogP contribution is 2.27. The van der Waals surface area contributed by atoms with Crippen molar-refractivity contribution < 1.29 is 58.3 Å². The number of oxime groups is 2. The minimum Gasteiger partial charge on any atom is -0.465 e.